The summed E-state index contributed by atoms with van der Waals surface area (Å²) in [5.74, 6) is -0.512. The van der Waals surface area contributed by atoms with Gasteiger partial charge in [0.15, 0.2) is 11.5 Å². The number of pyridine rings is 1. The van der Waals surface area contributed by atoms with Gasteiger partial charge in [-0.1, -0.05) is 29.3 Å². The van der Waals surface area contributed by atoms with Crippen molar-refractivity contribution in [1.82, 2.24) is 4.98 Å². The third-order valence-corrected chi connectivity index (χ3v) is 6.05. The van der Waals surface area contributed by atoms with Crippen LogP contribution in [0.15, 0.2) is 30.5 Å². The molecule has 1 N–H and O–H groups in total. The maximum Gasteiger partial charge on any atom is 0.195 e. The topological polar surface area (TPSA) is 62.7 Å². The summed E-state index contributed by atoms with van der Waals surface area (Å²) in [7, 11) is 0. The zero-order chi connectivity index (χ0) is 19.2. The molecule has 142 valence electrons. The number of hydrogen-bond acceptors (Lipinski definition) is 4. The molecule has 1 fully saturated rings. The zero-order valence-electron chi connectivity index (χ0n) is 14.5. The fraction of sp³-hybridized carbons (Fsp3) is 0.400. The van der Waals surface area contributed by atoms with Gasteiger partial charge in [-0.3, -0.25) is 9.78 Å². The van der Waals surface area contributed by atoms with Crippen molar-refractivity contribution in [2.45, 2.75) is 43.6 Å². The smallest absolute Gasteiger partial charge is 0.195 e. The van der Waals surface area contributed by atoms with Crippen molar-refractivity contribution < 1.29 is 19.0 Å². The number of hydrogen-bond donors (Lipinski definition) is 1. The first-order valence-electron chi connectivity index (χ1n) is 8.79. The van der Waals surface area contributed by atoms with Gasteiger partial charge in [0, 0.05) is 28.2 Å². The number of halogens is 3. The molecule has 0 amide bonds. The molecule has 4 rings (SSSR count). The predicted molar refractivity (Wildman–Crippen MR) is 99.6 cm³/mol. The highest BCUT2D eigenvalue weighted by atomic mass is 35.5. The minimum Gasteiger partial charge on any atom is -0.392 e. The number of carbonyl (C=O) groups is 1. The van der Waals surface area contributed by atoms with Crippen LogP contribution < -0.4 is 0 Å². The second-order valence-corrected chi connectivity index (χ2v) is 7.93. The Hall–Kier alpha value is -1.53. The van der Waals surface area contributed by atoms with E-state index in [1.807, 2.05) is 0 Å². The summed E-state index contributed by atoms with van der Waals surface area (Å²) in [4.78, 5) is 17.2. The molecule has 0 radical (unpaired) electrons. The number of Topliss-reactive ketones (excluding diaryl/α,β-unsaturated/α-hetero) is 1. The Balaban J connectivity index is 1.59. The Morgan fingerprint density at radius 3 is 2.81 bits per heavy atom. The lowest BCUT2D eigenvalue weighted by Gasteiger charge is -2.33. The molecular formula is C20H18Cl2FNO3. The Morgan fingerprint density at radius 2 is 2.11 bits per heavy atom. The summed E-state index contributed by atoms with van der Waals surface area (Å²) in [5.41, 5.74) is -0.597. The highest BCUT2D eigenvalue weighted by Gasteiger charge is 2.58. The minimum atomic E-state index is -2.08. The van der Waals surface area contributed by atoms with Crippen molar-refractivity contribution in [1.29, 1.82) is 0 Å². The molecule has 1 aliphatic heterocycles. The number of alkyl halides is 1. The van der Waals surface area contributed by atoms with Crippen molar-refractivity contribution in [3.8, 4) is 0 Å². The van der Waals surface area contributed by atoms with E-state index < -0.39 is 17.1 Å². The Bertz CT molecular complexity index is 916. The number of fused-ring (bicyclic) bond motifs is 2. The lowest BCUT2D eigenvalue weighted by atomic mass is 9.74. The number of rotatable bonds is 5. The molecule has 0 unspecified atom stereocenters. The second kappa shape index (κ2) is 6.82. The van der Waals surface area contributed by atoms with Crippen LogP contribution in [0, 0.1) is 0 Å². The first kappa shape index (κ1) is 18.8. The molecule has 7 heteroatoms. The first-order valence-corrected chi connectivity index (χ1v) is 9.55. The van der Waals surface area contributed by atoms with Gasteiger partial charge in [-0.05, 0) is 48.6 Å². The van der Waals surface area contributed by atoms with E-state index in [9.17, 15) is 9.90 Å². The molecule has 4 nitrogen and oxygen atoms in total. The van der Waals surface area contributed by atoms with Gasteiger partial charge in [0.1, 0.15) is 5.60 Å². The molecule has 1 aromatic heterocycles. The summed E-state index contributed by atoms with van der Waals surface area (Å²) in [5, 5.41) is 10.3. The Morgan fingerprint density at radius 1 is 1.33 bits per heavy atom. The van der Waals surface area contributed by atoms with E-state index in [-0.39, 0.29) is 25.9 Å². The maximum atomic E-state index is 15.8. The molecule has 1 spiro atoms. The number of aromatic nitrogens is 1. The van der Waals surface area contributed by atoms with E-state index in [2.05, 4.69) is 4.98 Å². The van der Waals surface area contributed by atoms with Gasteiger partial charge in [0.2, 0.25) is 0 Å². The monoisotopic (exact) mass is 409 g/mol. The molecule has 1 saturated heterocycles. The number of aliphatic hydroxyl groups is 1. The number of carbonyl (C=O) groups excluding carboxylic acids is 1. The third kappa shape index (κ3) is 3.17. The fourth-order valence-corrected chi connectivity index (χ4v) is 4.52. The lowest BCUT2D eigenvalue weighted by Crippen LogP contribution is -2.39. The van der Waals surface area contributed by atoms with Crippen molar-refractivity contribution >= 4 is 29.0 Å². The van der Waals surface area contributed by atoms with Crippen molar-refractivity contribution in [2.75, 3.05) is 6.61 Å². The number of nitrogens with zero attached hydrogens (tertiary/aromatic N) is 1. The quantitative estimate of drug-likeness (QED) is 0.748. The lowest BCUT2D eigenvalue weighted by molar-refractivity contribution is -0.132. The van der Waals surface area contributed by atoms with Crippen LogP contribution in [-0.2, 0) is 33.8 Å². The van der Waals surface area contributed by atoms with Gasteiger partial charge in [0.25, 0.3) is 0 Å². The van der Waals surface area contributed by atoms with Crippen molar-refractivity contribution in [3.05, 3.63) is 62.9 Å². The summed E-state index contributed by atoms with van der Waals surface area (Å²) >= 11 is 12.2. The Labute approximate surface area is 166 Å². The predicted octanol–water partition coefficient (Wildman–Crippen LogP) is 4.27. The van der Waals surface area contributed by atoms with Gasteiger partial charge >= 0.3 is 0 Å². The number of aliphatic hydroxyl groups excluding tert-OH is 1. The van der Waals surface area contributed by atoms with E-state index in [1.54, 1.807) is 30.5 Å². The molecule has 2 atom stereocenters. The largest absolute Gasteiger partial charge is 0.392 e. The van der Waals surface area contributed by atoms with Gasteiger partial charge in [-0.15, -0.1) is 0 Å². The highest BCUT2D eigenvalue weighted by Crippen LogP contribution is 2.53. The van der Waals surface area contributed by atoms with Crippen molar-refractivity contribution in [2.24, 2.45) is 0 Å². The van der Waals surface area contributed by atoms with Gasteiger partial charge in [0.05, 0.1) is 18.9 Å². The Kier molecular flexibility index (Phi) is 4.75. The van der Waals surface area contributed by atoms with Crippen LogP contribution in [0.2, 0.25) is 10.0 Å². The summed E-state index contributed by atoms with van der Waals surface area (Å²) < 4.78 is 21.4. The molecule has 1 aromatic carbocycles. The number of ether oxygens (including phenoxy) is 1. The maximum absolute atomic E-state index is 15.8. The van der Waals surface area contributed by atoms with Crippen LogP contribution in [-0.4, -0.2) is 22.5 Å². The first-order chi connectivity index (χ1) is 12.9. The third-order valence-electron chi connectivity index (χ3n) is 5.50. The van der Waals surface area contributed by atoms with E-state index >= 15 is 4.39 Å². The SMILES string of the molecule is O=C(CCc1c(Cl)cc(Cl)cc1CO)[C@]1(F)CC[C@@]2(CO2)c2ncccc21. The second-order valence-electron chi connectivity index (χ2n) is 7.09. The number of epoxide rings is 1. The number of benzene rings is 1. The van der Waals surface area contributed by atoms with Crippen molar-refractivity contribution in [3.63, 3.8) is 0 Å². The molecule has 1 aliphatic carbocycles. The summed E-state index contributed by atoms with van der Waals surface area (Å²) in [6.45, 7) is 0.263. The standard InChI is InChI=1S/C20H18Cl2FNO3/c21-13-8-12(10-25)14(16(22)9-13)3-4-17(26)20(23)6-5-19(11-27-19)18-15(20)2-1-7-24-18/h1-2,7-9,25H,3-6,10-11H2/t19-,20+/m1/s1. The van der Waals surface area contributed by atoms with E-state index in [0.29, 0.717) is 45.5 Å². The van der Waals surface area contributed by atoms with Crippen LogP contribution in [0.3, 0.4) is 0 Å². The molecule has 2 aliphatic rings. The van der Waals surface area contributed by atoms with E-state index in [1.165, 1.54) is 0 Å². The van der Waals surface area contributed by atoms with Crippen LogP contribution in [0.25, 0.3) is 0 Å². The van der Waals surface area contributed by atoms with Gasteiger partial charge < -0.3 is 9.84 Å². The van der Waals surface area contributed by atoms with Crippen LogP contribution in [0.4, 0.5) is 4.39 Å². The average Bonchev–Trinajstić information content (AvgIpc) is 3.44. The summed E-state index contributed by atoms with van der Waals surface area (Å²) in [6, 6.07) is 6.42. The molecule has 2 heterocycles. The highest BCUT2D eigenvalue weighted by molar-refractivity contribution is 6.35. The molecule has 0 saturated carbocycles. The summed E-state index contributed by atoms with van der Waals surface area (Å²) in [6.07, 6.45) is 2.30. The van der Waals surface area contributed by atoms with Gasteiger partial charge in [-0.2, -0.15) is 0 Å². The van der Waals surface area contributed by atoms with E-state index in [4.69, 9.17) is 27.9 Å². The van der Waals surface area contributed by atoms with Crippen LogP contribution in [0.1, 0.15) is 41.6 Å². The normalized spacial score (nSPS) is 26.1. The molecule has 27 heavy (non-hydrogen) atoms. The number of ketones is 1. The van der Waals surface area contributed by atoms with Crippen LogP contribution >= 0.6 is 23.2 Å². The van der Waals surface area contributed by atoms with Gasteiger partial charge in [-0.25, -0.2) is 4.39 Å². The molecular weight excluding hydrogens is 392 g/mol. The average molecular weight is 410 g/mol. The zero-order valence-corrected chi connectivity index (χ0v) is 16.0. The molecule has 0 bridgehead atoms. The van der Waals surface area contributed by atoms with Crippen LogP contribution in [0.5, 0.6) is 0 Å². The minimum absolute atomic E-state index is 0.0347. The fourth-order valence-electron chi connectivity index (χ4n) is 3.89. The van der Waals surface area contributed by atoms with E-state index in [0.717, 1.165) is 0 Å². The molecule has 2 aromatic rings.